The van der Waals surface area contributed by atoms with Crippen LogP contribution in [-0.2, 0) is 19.6 Å². The van der Waals surface area contributed by atoms with Crippen LogP contribution in [0.1, 0.15) is 17.5 Å². The summed E-state index contributed by atoms with van der Waals surface area (Å²) in [5.74, 6) is -0.469. The highest BCUT2D eigenvalue weighted by molar-refractivity contribution is 7.89. The standard InChI is InChI=1S/C13H16N2O4S/c1-10-8-12(5-4-11(10)9-14)20(17,18)15(2)7-6-13(16)19-3/h4-5,8H,6-7H2,1-3H3. The van der Waals surface area contributed by atoms with Gasteiger partial charge in [0.2, 0.25) is 10.0 Å². The Morgan fingerprint density at radius 1 is 1.45 bits per heavy atom. The van der Waals surface area contributed by atoms with Gasteiger partial charge in [0.1, 0.15) is 0 Å². The lowest BCUT2D eigenvalue weighted by Gasteiger charge is -2.17. The highest BCUT2D eigenvalue weighted by Crippen LogP contribution is 2.18. The molecule has 0 aromatic heterocycles. The first-order valence-electron chi connectivity index (χ1n) is 5.87. The SMILES string of the molecule is COC(=O)CCN(C)S(=O)(=O)c1ccc(C#N)c(C)c1. The molecule has 0 saturated heterocycles. The first kappa shape index (κ1) is 16.1. The van der Waals surface area contributed by atoms with Gasteiger partial charge in [-0.05, 0) is 30.7 Å². The summed E-state index contributed by atoms with van der Waals surface area (Å²) in [5, 5.41) is 8.83. The van der Waals surface area contributed by atoms with Crippen molar-refractivity contribution in [3.63, 3.8) is 0 Å². The number of esters is 1. The van der Waals surface area contributed by atoms with Crippen molar-refractivity contribution in [2.75, 3.05) is 20.7 Å². The molecule has 1 aromatic rings. The third-order valence-electron chi connectivity index (χ3n) is 2.88. The highest BCUT2D eigenvalue weighted by Gasteiger charge is 2.22. The molecule has 0 aliphatic rings. The normalized spacial score (nSPS) is 11.2. The first-order chi connectivity index (χ1) is 9.32. The molecule has 108 valence electrons. The minimum Gasteiger partial charge on any atom is -0.469 e. The molecule has 0 fully saturated rings. The number of aryl methyl sites for hydroxylation is 1. The van der Waals surface area contributed by atoms with Gasteiger partial charge in [0.15, 0.2) is 0 Å². The fraction of sp³-hybridized carbons (Fsp3) is 0.385. The van der Waals surface area contributed by atoms with Gasteiger partial charge in [-0.15, -0.1) is 0 Å². The fourth-order valence-electron chi connectivity index (χ4n) is 1.57. The number of hydrogen-bond acceptors (Lipinski definition) is 5. The van der Waals surface area contributed by atoms with E-state index in [0.717, 1.165) is 4.31 Å². The van der Waals surface area contributed by atoms with Crippen LogP contribution in [0, 0.1) is 18.3 Å². The van der Waals surface area contributed by atoms with Crippen LogP contribution in [0.4, 0.5) is 0 Å². The van der Waals surface area contributed by atoms with Crippen LogP contribution >= 0.6 is 0 Å². The van der Waals surface area contributed by atoms with E-state index in [0.29, 0.717) is 11.1 Å². The average Bonchev–Trinajstić information content (AvgIpc) is 2.43. The van der Waals surface area contributed by atoms with Gasteiger partial charge < -0.3 is 4.74 Å². The van der Waals surface area contributed by atoms with Crippen molar-refractivity contribution in [1.29, 1.82) is 5.26 Å². The van der Waals surface area contributed by atoms with Gasteiger partial charge in [0, 0.05) is 13.6 Å². The van der Waals surface area contributed by atoms with E-state index in [1.807, 2.05) is 6.07 Å². The Morgan fingerprint density at radius 2 is 2.10 bits per heavy atom. The Morgan fingerprint density at radius 3 is 2.60 bits per heavy atom. The van der Waals surface area contributed by atoms with Gasteiger partial charge in [-0.2, -0.15) is 5.26 Å². The van der Waals surface area contributed by atoms with Crippen LogP contribution in [0.15, 0.2) is 23.1 Å². The van der Waals surface area contributed by atoms with Gasteiger partial charge in [-0.25, -0.2) is 12.7 Å². The molecule has 0 aliphatic heterocycles. The molecule has 0 N–H and O–H groups in total. The van der Waals surface area contributed by atoms with Crippen LogP contribution in [-0.4, -0.2) is 39.4 Å². The third-order valence-corrected chi connectivity index (χ3v) is 4.74. The summed E-state index contributed by atoms with van der Waals surface area (Å²) in [6.07, 6.45) is -0.0124. The molecular weight excluding hydrogens is 280 g/mol. The van der Waals surface area contributed by atoms with Crippen molar-refractivity contribution in [2.45, 2.75) is 18.2 Å². The molecule has 0 aliphatic carbocycles. The number of carbonyl (C=O) groups is 1. The molecule has 0 radical (unpaired) electrons. The van der Waals surface area contributed by atoms with Crippen LogP contribution in [0.2, 0.25) is 0 Å². The monoisotopic (exact) mass is 296 g/mol. The zero-order valence-electron chi connectivity index (χ0n) is 11.6. The molecule has 0 spiro atoms. The maximum absolute atomic E-state index is 12.3. The summed E-state index contributed by atoms with van der Waals surface area (Å²) in [6.45, 7) is 1.71. The maximum atomic E-state index is 12.3. The Labute approximate surface area is 118 Å². The molecular formula is C13H16N2O4S. The van der Waals surface area contributed by atoms with E-state index in [-0.39, 0.29) is 17.9 Å². The van der Waals surface area contributed by atoms with Crippen LogP contribution in [0.25, 0.3) is 0 Å². The molecule has 7 heteroatoms. The van der Waals surface area contributed by atoms with Gasteiger partial charge in [-0.1, -0.05) is 0 Å². The summed E-state index contributed by atoms with van der Waals surface area (Å²) in [6, 6.07) is 6.28. The number of carbonyl (C=O) groups excluding carboxylic acids is 1. The van der Waals surface area contributed by atoms with E-state index in [9.17, 15) is 13.2 Å². The average molecular weight is 296 g/mol. The number of rotatable bonds is 5. The summed E-state index contributed by atoms with van der Waals surface area (Å²) in [4.78, 5) is 11.1. The number of nitrogens with zero attached hydrogens (tertiary/aromatic N) is 2. The first-order valence-corrected chi connectivity index (χ1v) is 7.31. The largest absolute Gasteiger partial charge is 0.469 e. The van der Waals surface area contributed by atoms with Gasteiger partial charge in [0.25, 0.3) is 0 Å². The Hall–Kier alpha value is -1.91. The molecule has 20 heavy (non-hydrogen) atoms. The van der Waals surface area contributed by atoms with Crippen molar-refractivity contribution in [2.24, 2.45) is 0 Å². The molecule has 0 unspecified atom stereocenters. The number of nitriles is 1. The van der Waals surface area contributed by atoms with Gasteiger partial charge >= 0.3 is 5.97 Å². The fourth-order valence-corrected chi connectivity index (χ4v) is 2.83. The number of hydrogen-bond donors (Lipinski definition) is 0. The Kier molecular flexibility index (Phi) is 5.25. The molecule has 0 amide bonds. The number of methoxy groups -OCH3 is 1. The topological polar surface area (TPSA) is 87.5 Å². The van der Waals surface area contributed by atoms with Gasteiger partial charge in [0.05, 0.1) is 30.1 Å². The van der Waals surface area contributed by atoms with Crippen LogP contribution < -0.4 is 0 Å². The van der Waals surface area contributed by atoms with E-state index in [1.165, 1.54) is 32.4 Å². The number of sulfonamides is 1. The Bertz CT molecular complexity index is 647. The summed E-state index contributed by atoms with van der Waals surface area (Å²) < 4.78 is 30.1. The second-order valence-corrected chi connectivity index (χ2v) is 6.29. The lowest BCUT2D eigenvalue weighted by Crippen LogP contribution is -2.29. The number of ether oxygens (including phenoxy) is 1. The zero-order valence-corrected chi connectivity index (χ0v) is 12.4. The minimum atomic E-state index is -3.67. The van der Waals surface area contributed by atoms with E-state index < -0.39 is 16.0 Å². The lowest BCUT2D eigenvalue weighted by atomic mass is 10.1. The van der Waals surface area contributed by atoms with Crippen molar-refractivity contribution in [3.05, 3.63) is 29.3 Å². The molecule has 0 saturated carbocycles. The highest BCUT2D eigenvalue weighted by atomic mass is 32.2. The molecule has 6 nitrogen and oxygen atoms in total. The molecule has 0 heterocycles. The van der Waals surface area contributed by atoms with Crippen molar-refractivity contribution in [3.8, 4) is 6.07 Å². The van der Waals surface area contributed by atoms with E-state index in [4.69, 9.17) is 5.26 Å². The van der Waals surface area contributed by atoms with Crippen molar-refractivity contribution < 1.29 is 17.9 Å². The summed E-state index contributed by atoms with van der Waals surface area (Å²) in [7, 11) is -1.03. The van der Waals surface area contributed by atoms with E-state index in [1.54, 1.807) is 6.92 Å². The third kappa shape index (κ3) is 3.56. The molecule has 0 atom stereocenters. The van der Waals surface area contributed by atoms with Crippen LogP contribution in [0.5, 0.6) is 0 Å². The van der Waals surface area contributed by atoms with Gasteiger partial charge in [-0.3, -0.25) is 4.79 Å². The van der Waals surface area contributed by atoms with E-state index >= 15 is 0 Å². The predicted octanol–water partition coefficient (Wildman–Crippen LogP) is 1.05. The summed E-state index contributed by atoms with van der Waals surface area (Å²) >= 11 is 0. The van der Waals surface area contributed by atoms with E-state index in [2.05, 4.69) is 4.74 Å². The predicted molar refractivity (Wildman–Crippen MR) is 72.3 cm³/mol. The molecule has 1 aromatic carbocycles. The van der Waals surface area contributed by atoms with Crippen molar-refractivity contribution >= 4 is 16.0 Å². The smallest absolute Gasteiger partial charge is 0.306 e. The van der Waals surface area contributed by atoms with Crippen molar-refractivity contribution in [1.82, 2.24) is 4.31 Å². The number of benzene rings is 1. The zero-order chi connectivity index (χ0) is 15.3. The minimum absolute atomic E-state index is 0.0124. The summed E-state index contributed by atoms with van der Waals surface area (Å²) in [5.41, 5.74) is 1.02. The second-order valence-electron chi connectivity index (χ2n) is 4.24. The maximum Gasteiger partial charge on any atom is 0.306 e. The quantitative estimate of drug-likeness (QED) is 0.758. The molecule has 1 rings (SSSR count). The van der Waals surface area contributed by atoms with Crippen LogP contribution in [0.3, 0.4) is 0 Å². The molecule has 0 bridgehead atoms. The second kappa shape index (κ2) is 6.50. The lowest BCUT2D eigenvalue weighted by molar-refractivity contribution is -0.140. The Balaban J connectivity index is 2.96.